The first-order valence-corrected chi connectivity index (χ1v) is 5.63. The lowest BCUT2D eigenvalue weighted by atomic mass is 10.0. The van der Waals surface area contributed by atoms with Crippen LogP contribution in [0.4, 0.5) is 5.69 Å². The Balaban J connectivity index is 2.43. The topological polar surface area (TPSA) is 12.4 Å². The molecule has 0 saturated heterocycles. The maximum atomic E-state index is 4.52. The summed E-state index contributed by atoms with van der Waals surface area (Å²) in [4.78, 5) is 4.52. The van der Waals surface area contributed by atoms with Gasteiger partial charge in [0.05, 0.1) is 5.69 Å². The van der Waals surface area contributed by atoms with E-state index in [9.17, 15) is 0 Å². The standard InChI is InChI=1S/C11H12BrN/c1-8-2-4-10-6-9(7-12)3-5-11(10)13-8/h3,5-6H,2,4,7H2,1H3. The summed E-state index contributed by atoms with van der Waals surface area (Å²) in [7, 11) is 0. The van der Waals surface area contributed by atoms with Crippen LogP contribution < -0.4 is 0 Å². The number of rotatable bonds is 1. The molecule has 2 heteroatoms. The van der Waals surface area contributed by atoms with Crippen molar-refractivity contribution in [2.24, 2.45) is 4.99 Å². The molecular formula is C11H12BrN. The molecule has 0 aromatic heterocycles. The maximum Gasteiger partial charge on any atom is 0.0661 e. The molecule has 0 saturated carbocycles. The van der Waals surface area contributed by atoms with Gasteiger partial charge < -0.3 is 0 Å². The van der Waals surface area contributed by atoms with Crippen LogP contribution in [0.5, 0.6) is 0 Å². The van der Waals surface area contributed by atoms with Crippen molar-refractivity contribution in [2.45, 2.75) is 25.1 Å². The van der Waals surface area contributed by atoms with Gasteiger partial charge in [0.1, 0.15) is 0 Å². The van der Waals surface area contributed by atoms with Gasteiger partial charge in [0, 0.05) is 11.0 Å². The van der Waals surface area contributed by atoms with Gasteiger partial charge in [0.2, 0.25) is 0 Å². The van der Waals surface area contributed by atoms with Crippen LogP contribution in [0.15, 0.2) is 23.2 Å². The minimum atomic E-state index is 0.934. The Morgan fingerprint density at radius 2 is 2.23 bits per heavy atom. The number of fused-ring (bicyclic) bond motifs is 1. The first kappa shape index (κ1) is 8.95. The smallest absolute Gasteiger partial charge is 0.0661 e. The van der Waals surface area contributed by atoms with E-state index in [1.807, 2.05) is 0 Å². The van der Waals surface area contributed by atoms with Crippen LogP contribution in [-0.4, -0.2) is 5.71 Å². The van der Waals surface area contributed by atoms with E-state index >= 15 is 0 Å². The minimum absolute atomic E-state index is 0.934. The molecule has 0 spiro atoms. The molecule has 2 rings (SSSR count). The summed E-state index contributed by atoms with van der Waals surface area (Å²) in [6.07, 6.45) is 2.25. The van der Waals surface area contributed by atoms with Gasteiger partial charge in [-0.25, -0.2) is 0 Å². The zero-order chi connectivity index (χ0) is 9.26. The lowest BCUT2D eigenvalue weighted by Crippen LogP contribution is -2.01. The van der Waals surface area contributed by atoms with Gasteiger partial charge in [-0.05, 0) is 37.0 Å². The quantitative estimate of drug-likeness (QED) is 0.662. The van der Waals surface area contributed by atoms with Crippen molar-refractivity contribution in [3.63, 3.8) is 0 Å². The first-order chi connectivity index (χ1) is 6.29. The van der Waals surface area contributed by atoms with Crippen LogP contribution in [0.3, 0.4) is 0 Å². The number of benzene rings is 1. The van der Waals surface area contributed by atoms with E-state index in [1.165, 1.54) is 16.8 Å². The van der Waals surface area contributed by atoms with Gasteiger partial charge in [-0.15, -0.1) is 0 Å². The predicted molar refractivity (Wildman–Crippen MR) is 60.2 cm³/mol. The molecule has 0 unspecified atom stereocenters. The number of aliphatic imine (C=N–C) groups is 1. The number of hydrogen-bond acceptors (Lipinski definition) is 1. The number of halogens is 1. The third-order valence-corrected chi connectivity index (χ3v) is 3.01. The number of aryl methyl sites for hydroxylation is 1. The summed E-state index contributed by atoms with van der Waals surface area (Å²) in [5.74, 6) is 0. The lowest BCUT2D eigenvalue weighted by molar-refractivity contribution is 0.998. The van der Waals surface area contributed by atoms with Crippen molar-refractivity contribution in [3.8, 4) is 0 Å². The number of nitrogens with zero attached hydrogens (tertiary/aromatic N) is 1. The second kappa shape index (κ2) is 3.62. The Bertz CT molecular complexity index is 355. The van der Waals surface area contributed by atoms with Crippen LogP contribution in [0, 0.1) is 0 Å². The maximum absolute atomic E-state index is 4.52. The van der Waals surface area contributed by atoms with E-state index in [1.54, 1.807) is 0 Å². The highest BCUT2D eigenvalue weighted by Crippen LogP contribution is 2.27. The van der Waals surface area contributed by atoms with E-state index < -0.39 is 0 Å². The van der Waals surface area contributed by atoms with Crippen LogP contribution >= 0.6 is 15.9 Å². The minimum Gasteiger partial charge on any atom is -0.258 e. The summed E-state index contributed by atoms with van der Waals surface area (Å²) in [5, 5.41) is 0.934. The van der Waals surface area contributed by atoms with E-state index in [-0.39, 0.29) is 0 Å². The van der Waals surface area contributed by atoms with Gasteiger partial charge in [0.15, 0.2) is 0 Å². The van der Waals surface area contributed by atoms with Crippen molar-refractivity contribution < 1.29 is 0 Å². The Kier molecular flexibility index (Phi) is 2.49. The molecule has 13 heavy (non-hydrogen) atoms. The monoisotopic (exact) mass is 237 g/mol. The van der Waals surface area contributed by atoms with Gasteiger partial charge in [-0.1, -0.05) is 28.1 Å². The Labute approximate surface area is 87.0 Å². The molecule has 0 atom stereocenters. The van der Waals surface area contributed by atoms with Crippen molar-refractivity contribution >= 4 is 27.3 Å². The van der Waals surface area contributed by atoms with Gasteiger partial charge >= 0.3 is 0 Å². The fraction of sp³-hybridized carbons (Fsp3) is 0.364. The van der Waals surface area contributed by atoms with Gasteiger partial charge in [-0.3, -0.25) is 4.99 Å². The molecule has 1 aliphatic heterocycles. The third-order valence-electron chi connectivity index (χ3n) is 2.37. The second-order valence-corrected chi connectivity index (χ2v) is 4.00. The predicted octanol–water partition coefficient (Wildman–Crippen LogP) is 3.62. The Morgan fingerprint density at radius 3 is 3.00 bits per heavy atom. The van der Waals surface area contributed by atoms with Crippen molar-refractivity contribution in [1.82, 2.24) is 0 Å². The fourth-order valence-corrected chi connectivity index (χ4v) is 1.96. The SMILES string of the molecule is CC1=Nc2ccc(CBr)cc2CC1. The lowest BCUT2D eigenvalue weighted by Gasteiger charge is -2.13. The van der Waals surface area contributed by atoms with Crippen molar-refractivity contribution in [3.05, 3.63) is 29.3 Å². The summed E-state index contributed by atoms with van der Waals surface area (Å²) < 4.78 is 0. The molecule has 1 aromatic rings. The highest BCUT2D eigenvalue weighted by molar-refractivity contribution is 9.08. The molecule has 0 bridgehead atoms. The highest BCUT2D eigenvalue weighted by Gasteiger charge is 2.08. The van der Waals surface area contributed by atoms with Crippen LogP contribution in [0.25, 0.3) is 0 Å². The molecule has 1 aromatic carbocycles. The summed E-state index contributed by atoms with van der Waals surface area (Å²) in [6, 6.07) is 6.50. The number of hydrogen-bond donors (Lipinski definition) is 0. The van der Waals surface area contributed by atoms with Crippen LogP contribution in [0.1, 0.15) is 24.5 Å². The average Bonchev–Trinajstić information content (AvgIpc) is 2.17. The normalized spacial score (nSPS) is 15.1. The molecule has 0 fully saturated rings. The van der Waals surface area contributed by atoms with Gasteiger partial charge in [0.25, 0.3) is 0 Å². The zero-order valence-electron chi connectivity index (χ0n) is 7.68. The molecule has 1 aliphatic rings. The molecule has 0 radical (unpaired) electrons. The van der Waals surface area contributed by atoms with Crippen LogP contribution in [-0.2, 0) is 11.8 Å². The largest absolute Gasteiger partial charge is 0.258 e. The third kappa shape index (κ3) is 1.83. The molecule has 0 amide bonds. The summed E-state index contributed by atoms with van der Waals surface area (Å²) in [5.41, 5.74) is 5.14. The van der Waals surface area contributed by atoms with Crippen molar-refractivity contribution in [1.29, 1.82) is 0 Å². The summed E-state index contributed by atoms with van der Waals surface area (Å²) in [6.45, 7) is 2.10. The first-order valence-electron chi connectivity index (χ1n) is 4.51. The van der Waals surface area contributed by atoms with E-state index in [0.29, 0.717) is 0 Å². The Hall–Kier alpha value is -0.630. The molecule has 1 nitrogen and oxygen atoms in total. The molecule has 0 aliphatic carbocycles. The molecular weight excluding hydrogens is 226 g/mol. The number of alkyl halides is 1. The highest BCUT2D eigenvalue weighted by atomic mass is 79.9. The van der Waals surface area contributed by atoms with Crippen molar-refractivity contribution in [2.75, 3.05) is 0 Å². The average molecular weight is 238 g/mol. The zero-order valence-corrected chi connectivity index (χ0v) is 9.26. The molecule has 1 heterocycles. The van der Waals surface area contributed by atoms with Crippen LogP contribution in [0.2, 0.25) is 0 Å². The van der Waals surface area contributed by atoms with Gasteiger partial charge in [-0.2, -0.15) is 0 Å². The Morgan fingerprint density at radius 1 is 1.38 bits per heavy atom. The van der Waals surface area contributed by atoms with E-state index in [0.717, 1.165) is 23.9 Å². The van der Waals surface area contributed by atoms with E-state index in [4.69, 9.17) is 0 Å². The summed E-state index contributed by atoms with van der Waals surface area (Å²) >= 11 is 3.46. The molecule has 0 N–H and O–H groups in total. The second-order valence-electron chi connectivity index (χ2n) is 3.44. The van der Waals surface area contributed by atoms with E-state index in [2.05, 4.69) is 46.0 Å². The fourth-order valence-electron chi connectivity index (χ4n) is 1.61. The molecule has 68 valence electrons.